The number of alkyl halides is 3. The highest BCUT2D eigenvalue weighted by molar-refractivity contribution is 7.98. The lowest BCUT2D eigenvalue weighted by Gasteiger charge is -2.12. The van der Waals surface area contributed by atoms with Crippen molar-refractivity contribution in [1.29, 1.82) is 0 Å². The first-order valence-corrected chi connectivity index (χ1v) is 10.7. The van der Waals surface area contributed by atoms with Crippen molar-refractivity contribution in [3.05, 3.63) is 77.6 Å². The molecule has 0 aliphatic carbocycles. The van der Waals surface area contributed by atoms with Crippen LogP contribution >= 0.6 is 11.8 Å². The van der Waals surface area contributed by atoms with E-state index in [1.54, 1.807) is 24.5 Å². The molecule has 4 aromatic rings. The van der Waals surface area contributed by atoms with E-state index in [2.05, 4.69) is 20.3 Å². The fraction of sp³-hybridized carbons (Fsp3) is 0.130. The molecule has 0 saturated heterocycles. The summed E-state index contributed by atoms with van der Waals surface area (Å²) in [5.74, 6) is -0.629. The first-order chi connectivity index (χ1) is 15.2. The summed E-state index contributed by atoms with van der Waals surface area (Å²) in [4.78, 5) is 25.7. The maximum atomic E-state index is 12.9. The lowest BCUT2D eigenvalue weighted by Crippen LogP contribution is -2.14. The number of aromatic nitrogens is 3. The Morgan fingerprint density at radius 1 is 1.03 bits per heavy atom. The summed E-state index contributed by atoms with van der Waals surface area (Å²) in [6.45, 7) is 1.91. The van der Waals surface area contributed by atoms with Gasteiger partial charge in [-0.1, -0.05) is 23.9 Å². The van der Waals surface area contributed by atoms with E-state index in [4.69, 9.17) is 0 Å². The average molecular weight is 454 g/mol. The van der Waals surface area contributed by atoms with Crippen molar-refractivity contribution in [3.63, 3.8) is 0 Å². The van der Waals surface area contributed by atoms with E-state index in [1.807, 2.05) is 25.3 Å². The molecule has 0 spiro atoms. The number of amides is 1. The van der Waals surface area contributed by atoms with Crippen LogP contribution in [0.5, 0.6) is 0 Å². The second kappa shape index (κ2) is 8.58. The van der Waals surface area contributed by atoms with Gasteiger partial charge in [0.05, 0.1) is 23.0 Å². The van der Waals surface area contributed by atoms with Crippen LogP contribution in [-0.2, 0) is 6.18 Å². The van der Waals surface area contributed by atoms with E-state index < -0.39 is 17.6 Å². The van der Waals surface area contributed by atoms with Gasteiger partial charge in [0.15, 0.2) is 5.16 Å². The number of nitrogens with zero attached hydrogens (tertiary/aromatic N) is 3. The molecule has 1 amide bonds. The normalized spacial score (nSPS) is 11.5. The van der Waals surface area contributed by atoms with Gasteiger partial charge in [0.25, 0.3) is 5.91 Å². The number of nitrogens with one attached hydrogen (secondary N) is 1. The number of thioether (sulfide) groups is 1. The lowest BCUT2D eigenvalue weighted by atomic mass is 10.0. The summed E-state index contributed by atoms with van der Waals surface area (Å²) in [6.07, 6.45) is 0.772. The number of halogens is 3. The molecule has 5 nitrogen and oxygen atoms in total. The van der Waals surface area contributed by atoms with Crippen molar-refractivity contribution in [2.24, 2.45) is 0 Å². The van der Waals surface area contributed by atoms with Gasteiger partial charge < -0.3 is 5.32 Å². The Kier molecular flexibility index (Phi) is 5.84. The zero-order valence-electron chi connectivity index (χ0n) is 17.1. The highest BCUT2D eigenvalue weighted by atomic mass is 32.2. The Morgan fingerprint density at radius 2 is 1.84 bits per heavy atom. The number of pyridine rings is 1. The van der Waals surface area contributed by atoms with E-state index in [0.29, 0.717) is 16.5 Å². The number of anilines is 1. The Bertz CT molecular complexity index is 1320. The highest BCUT2D eigenvalue weighted by Crippen LogP contribution is 2.30. The fourth-order valence-corrected chi connectivity index (χ4v) is 3.53. The first-order valence-electron chi connectivity index (χ1n) is 9.51. The van der Waals surface area contributed by atoms with E-state index in [-0.39, 0.29) is 5.56 Å². The van der Waals surface area contributed by atoms with Crippen molar-refractivity contribution in [2.45, 2.75) is 18.3 Å². The quantitative estimate of drug-likeness (QED) is 0.303. The molecule has 0 atom stereocenters. The molecular weight excluding hydrogens is 437 g/mol. The van der Waals surface area contributed by atoms with Gasteiger partial charge in [0, 0.05) is 28.4 Å². The second-order valence-corrected chi connectivity index (χ2v) is 7.82. The predicted molar refractivity (Wildman–Crippen MR) is 119 cm³/mol. The van der Waals surface area contributed by atoms with Crippen molar-refractivity contribution < 1.29 is 18.0 Å². The number of benzene rings is 2. The van der Waals surface area contributed by atoms with Crippen LogP contribution in [-0.4, -0.2) is 27.1 Å². The maximum Gasteiger partial charge on any atom is 0.416 e. The van der Waals surface area contributed by atoms with E-state index in [1.165, 1.54) is 23.9 Å². The van der Waals surface area contributed by atoms with E-state index in [9.17, 15) is 18.0 Å². The average Bonchev–Trinajstić information content (AvgIpc) is 2.79. The summed E-state index contributed by atoms with van der Waals surface area (Å²) in [7, 11) is 0. The van der Waals surface area contributed by atoms with Gasteiger partial charge in [-0.25, -0.2) is 9.97 Å². The summed E-state index contributed by atoms with van der Waals surface area (Å²) in [5.41, 5.74) is 2.60. The summed E-state index contributed by atoms with van der Waals surface area (Å²) < 4.78 is 38.8. The van der Waals surface area contributed by atoms with Gasteiger partial charge in [-0.3, -0.25) is 9.78 Å². The summed E-state index contributed by atoms with van der Waals surface area (Å²) in [6, 6.07) is 11.4. The van der Waals surface area contributed by atoms with Crippen LogP contribution in [0.1, 0.15) is 21.5 Å². The molecule has 162 valence electrons. The standard InChI is InChI=1S/C23H17F3N4OS/c1-13-6-7-17(29-21(31)14-4-3-5-16(8-14)23(24,25)26)10-18(13)19-9-15-11-28-22(32-2)30-20(15)12-27-19/h3-12H,1-2H3,(H,29,31). The van der Waals surface area contributed by atoms with Crippen molar-refractivity contribution in [1.82, 2.24) is 15.0 Å². The van der Waals surface area contributed by atoms with Crippen LogP contribution in [0, 0.1) is 6.92 Å². The number of carbonyl (C=O) groups is 1. The molecule has 0 radical (unpaired) electrons. The molecule has 32 heavy (non-hydrogen) atoms. The first kappa shape index (κ1) is 21.8. The van der Waals surface area contributed by atoms with Crippen LogP contribution < -0.4 is 5.32 Å². The smallest absolute Gasteiger partial charge is 0.322 e. The molecule has 0 unspecified atom stereocenters. The van der Waals surface area contributed by atoms with E-state index >= 15 is 0 Å². The number of carbonyl (C=O) groups excluding carboxylic acids is 1. The third-order valence-electron chi connectivity index (χ3n) is 4.85. The monoisotopic (exact) mass is 454 g/mol. The third kappa shape index (κ3) is 4.57. The molecule has 2 aromatic carbocycles. The Balaban J connectivity index is 1.63. The van der Waals surface area contributed by atoms with Crippen molar-refractivity contribution >= 4 is 34.3 Å². The van der Waals surface area contributed by atoms with E-state index in [0.717, 1.165) is 34.2 Å². The zero-order chi connectivity index (χ0) is 22.9. The second-order valence-electron chi connectivity index (χ2n) is 7.05. The fourth-order valence-electron chi connectivity index (χ4n) is 3.18. The predicted octanol–water partition coefficient (Wildman–Crippen LogP) is 5.99. The SMILES string of the molecule is CSc1ncc2cc(-c3cc(NC(=O)c4cccc(C(F)(F)F)c4)ccc3C)ncc2n1. The van der Waals surface area contributed by atoms with Gasteiger partial charge in [-0.15, -0.1) is 0 Å². The topological polar surface area (TPSA) is 67.8 Å². The minimum Gasteiger partial charge on any atom is -0.322 e. The van der Waals surface area contributed by atoms with Crippen molar-refractivity contribution in [2.75, 3.05) is 11.6 Å². The summed E-state index contributed by atoms with van der Waals surface area (Å²) >= 11 is 1.44. The zero-order valence-corrected chi connectivity index (χ0v) is 17.9. The highest BCUT2D eigenvalue weighted by Gasteiger charge is 2.30. The molecule has 4 rings (SSSR count). The number of hydrogen-bond donors (Lipinski definition) is 1. The molecule has 0 aliphatic heterocycles. The lowest BCUT2D eigenvalue weighted by molar-refractivity contribution is -0.137. The number of hydrogen-bond acceptors (Lipinski definition) is 5. The molecule has 0 saturated carbocycles. The molecule has 2 heterocycles. The minimum absolute atomic E-state index is 0.0764. The van der Waals surface area contributed by atoms with Gasteiger partial charge in [0.2, 0.25) is 0 Å². The molecule has 0 aliphatic rings. The molecule has 0 fully saturated rings. The Hall–Kier alpha value is -3.46. The van der Waals surface area contributed by atoms with Crippen LogP contribution in [0.2, 0.25) is 0 Å². The van der Waals surface area contributed by atoms with Crippen LogP contribution in [0.4, 0.5) is 18.9 Å². The largest absolute Gasteiger partial charge is 0.416 e. The van der Waals surface area contributed by atoms with Crippen LogP contribution in [0.15, 0.2) is 66.1 Å². The molecule has 2 aromatic heterocycles. The van der Waals surface area contributed by atoms with Crippen molar-refractivity contribution in [3.8, 4) is 11.3 Å². The molecule has 1 N–H and O–H groups in total. The number of rotatable bonds is 4. The Morgan fingerprint density at radius 3 is 2.59 bits per heavy atom. The molecule has 0 bridgehead atoms. The molecule has 9 heteroatoms. The van der Waals surface area contributed by atoms with Gasteiger partial charge in [0.1, 0.15) is 0 Å². The van der Waals surface area contributed by atoms with Crippen LogP contribution in [0.25, 0.3) is 22.2 Å². The van der Waals surface area contributed by atoms with Crippen LogP contribution in [0.3, 0.4) is 0 Å². The van der Waals surface area contributed by atoms with Gasteiger partial charge in [-0.05, 0) is 55.1 Å². The van der Waals surface area contributed by atoms with Gasteiger partial charge >= 0.3 is 6.18 Å². The minimum atomic E-state index is -4.52. The number of aryl methyl sites for hydroxylation is 1. The maximum absolute atomic E-state index is 12.9. The Labute approximate surface area is 186 Å². The van der Waals surface area contributed by atoms with Gasteiger partial charge in [-0.2, -0.15) is 13.2 Å². The number of fused-ring (bicyclic) bond motifs is 1. The third-order valence-corrected chi connectivity index (χ3v) is 5.41. The molecular formula is C23H17F3N4OS. The summed E-state index contributed by atoms with van der Waals surface area (Å²) in [5, 5.41) is 4.14.